The Kier molecular flexibility index (Phi) is 3.72. The van der Waals surface area contributed by atoms with Crippen LogP contribution in [-0.2, 0) is 9.59 Å². The van der Waals surface area contributed by atoms with Crippen LogP contribution in [0.15, 0.2) is 12.2 Å². The van der Waals surface area contributed by atoms with Crippen LogP contribution >= 0.6 is 0 Å². The zero-order valence-corrected chi connectivity index (χ0v) is 10.8. The van der Waals surface area contributed by atoms with Crippen LogP contribution in [0, 0.1) is 17.3 Å². The van der Waals surface area contributed by atoms with E-state index in [9.17, 15) is 9.59 Å². The maximum absolute atomic E-state index is 12.3. The highest BCUT2D eigenvalue weighted by molar-refractivity contribution is 6.03. The molecule has 0 aromatic heterocycles. The normalized spacial score (nSPS) is 26.2. The molecule has 2 heteroatoms. The molecule has 0 N–H and O–H groups in total. The lowest BCUT2D eigenvalue weighted by atomic mass is 9.63. The van der Waals surface area contributed by atoms with E-state index < -0.39 is 5.92 Å². The van der Waals surface area contributed by atoms with Gasteiger partial charge in [0.25, 0.3) is 0 Å². The second-order valence-corrected chi connectivity index (χ2v) is 5.67. The predicted octanol–water partition coefficient (Wildman–Crippen LogP) is 3.16. The van der Waals surface area contributed by atoms with Crippen molar-refractivity contribution in [2.45, 2.75) is 47.0 Å². The standard InChI is InChI=1S/C14H22O2/c1-9-7-6-8-14(4,5)12(9)13(16)10(2)11(3)15/h10,12H,1,6-8H2,2-5H3. The van der Waals surface area contributed by atoms with Crippen LogP contribution in [0.5, 0.6) is 0 Å². The summed E-state index contributed by atoms with van der Waals surface area (Å²) in [6, 6.07) is 0. The molecule has 0 aromatic rings. The molecule has 2 nitrogen and oxygen atoms in total. The number of hydrogen-bond donors (Lipinski definition) is 0. The molecule has 1 aliphatic carbocycles. The molecule has 0 spiro atoms. The van der Waals surface area contributed by atoms with Crippen molar-refractivity contribution in [1.82, 2.24) is 0 Å². The SMILES string of the molecule is C=C1CCCC(C)(C)C1C(=O)C(C)C(C)=O. The van der Waals surface area contributed by atoms with Gasteiger partial charge in [-0.15, -0.1) is 0 Å². The summed E-state index contributed by atoms with van der Waals surface area (Å²) in [4.78, 5) is 23.6. The lowest BCUT2D eigenvalue weighted by Crippen LogP contribution is -2.39. The predicted molar refractivity (Wildman–Crippen MR) is 65.1 cm³/mol. The van der Waals surface area contributed by atoms with Crippen LogP contribution in [0.4, 0.5) is 0 Å². The largest absolute Gasteiger partial charge is 0.299 e. The van der Waals surface area contributed by atoms with Gasteiger partial charge < -0.3 is 0 Å². The van der Waals surface area contributed by atoms with E-state index in [1.807, 2.05) is 0 Å². The van der Waals surface area contributed by atoms with Crippen molar-refractivity contribution in [3.8, 4) is 0 Å². The van der Waals surface area contributed by atoms with E-state index in [1.165, 1.54) is 6.92 Å². The molecule has 0 radical (unpaired) electrons. The smallest absolute Gasteiger partial charge is 0.150 e. The van der Waals surface area contributed by atoms with Gasteiger partial charge in [-0.3, -0.25) is 9.59 Å². The fourth-order valence-corrected chi connectivity index (χ4v) is 2.65. The minimum Gasteiger partial charge on any atom is -0.299 e. The van der Waals surface area contributed by atoms with Crippen LogP contribution in [0.3, 0.4) is 0 Å². The van der Waals surface area contributed by atoms with Crippen molar-refractivity contribution in [2.24, 2.45) is 17.3 Å². The first-order chi connectivity index (χ1) is 7.27. The van der Waals surface area contributed by atoms with Crippen LogP contribution in [0.2, 0.25) is 0 Å². The first kappa shape index (κ1) is 13.1. The molecule has 16 heavy (non-hydrogen) atoms. The summed E-state index contributed by atoms with van der Waals surface area (Å²) in [5, 5.41) is 0. The van der Waals surface area contributed by atoms with E-state index in [2.05, 4.69) is 20.4 Å². The quantitative estimate of drug-likeness (QED) is 0.543. The van der Waals surface area contributed by atoms with E-state index in [0.29, 0.717) is 0 Å². The molecule has 0 aliphatic heterocycles. The number of ketones is 2. The minimum atomic E-state index is -0.487. The summed E-state index contributed by atoms with van der Waals surface area (Å²) in [6.07, 6.45) is 3.06. The van der Waals surface area contributed by atoms with Crippen LogP contribution in [-0.4, -0.2) is 11.6 Å². The average molecular weight is 222 g/mol. The Bertz CT molecular complexity index is 326. The molecule has 2 unspecified atom stereocenters. The Morgan fingerprint density at radius 1 is 1.44 bits per heavy atom. The maximum Gasteiger partial charge on any atom is 0.150 e. The fourth-order valence-electron chi connectivity index (χ4n) is 2.65. The van der Waals surface area contributed by atoms with Crippen molar-refractivity contribution < 1.29 is 9.59 Å². The first-order valence-electron chi connectivity index (χ1n) is 5.99. The van der Waals surface area contributed by atoms with Crippen molar-refractivity contribution >= 4 is 11.6 Å². The van der Waals surface area contributed by atoms with E-state index in [1.54, 1.807) is 6.92 Å². The van der Waals surface area contributed by atoms with E-state index >= 15 is 0 Å². The zero-order valence-electron chi connectivity index (χ0n) is 10.8. The second-order valence-electron chi connectivity index (χ2n) is 5.67. The van der Waals surface area contributed by atoms with E-state index in [0.717, 1.165) is 24.8 Å². The van der Waals surface area contributed by atoms with Crippen molar-refractivity contribution in [3.63, 3.8) is 0 Å². The minimum absolute atomic E-state index is 0.0424. The third-order valence-electron chi connectivity index (χ3n) is 3.83. The molecule has 0 amide bonds. The highest BCUT2D eigenvalue weighted by Crippen LogP contribution is 2.44. The van der Waals surface area contributed by atoms with Gasteiger partial charge in [-0.25, -0.2) is 0 Å². The zero-order chi connectivity index (χ0) is 12.5. The molecule has 1 fully saturated rings. The Labute approximate surface area is 98.1 Å². The number of hydrogen-bond acceptors (Lipinski definition) is 2. The van der Waals surface area contributed by atoms with Gasteiger partial charge in [0, 0.05) is 5.92 Å². The highest BCUT2D eigenvalue weighted by Gasteiger charge is 2.41. The fraction of sp³-hybridized carbons (Fsp3) is 0.714. The lowest BCUT2D eigenvalue weighted by Gasteiger charge is -2.40. The van der Waals surface area contributed by atoms with Crippen molar-refractivity contribution in [3.05, 3.63) is 12.2 Å². The van der Waals surface area contributed by atoms with E-state index in [-0.39, 0.29) is 22.9 Å². The van der Waals surface area contributed by atoms with Gasteiger partial charge in [0.15, 0.2) is 5.78 Å². The highest BCUT2D eigenvalue weighted by atomic mass is 16.1. The van der Waals surface area contributed by atoms with Crippen molar-refractivity contribution in [1.29, 1.82) is 0 Å². The molecule has 0 heterocycles. The van der Waals surface area contributed by atoms with E-state index in [4.69, 9.17) is 0 Å². The number of rotatable bonds is 3. The van der Waals surface area contributed by atoms with Gasteiger partial charge in [-0.05, 0) is 38.5 Å². The lowest BCUT2D eigenvalue weighted by molar-refractivity contribution is -0.135. The van der Waals surface area contributed by atoms with Gasteiger partial charge in [0.1, 0.15) is 5.78 Å². The summed E-state index contributed by atoms with van der Waals surface area (Å²) in [5.74, 6) is -0.611. The Hall–Kier alpha value is -0.920. The summed E-state index contributed by atoms with van der Waals surface area (Å²) in [6.45, 7) is 11.4. The molecule has 2 atom stereocenters. The monoisotopic (exact) mass is 222 g/mol. The molecule has 90 valence electrons. The molecule has 0 saturated heterocycles. The molecule has 0 bridgehead atoms. The number of carbonyl (C=O) groups is 2. The molecular weight excluding hydrogens is 200 g/mol. The first-order valence-corrected chi connectivity index (χ1v) is 5.99. The molecular formula is C14H22O2. The average Bonchev–Trinajstić information content (AvgIpc) is 2.14. The number of Topliss-reactive ketones (excluding diaryl/α,β-unsaturated/α-hetero) is 2. The Morgan fingerprint density at radius 2 is 2.00 bits per heavy atom. The van der Waals surface area contributed by atoms with Crippen molar-refractivity contribution in [2.75, 3.05) is 0 Å². The summed E-state index contributed by atoms with van der Waals surface area (Å²) in [5.41, 5.74) is 0.963. The maximum atomic E-state index is 12.3. The molecule has 0 aromatic carbocycles. The second kappa shape index (κ2) is 4.52. The molecule has 1 rings (SSSR count). The summed E-state index contributed by atoms with van der Waals surface area (Å²) in [7, 11) is 0. The molecule has 1 aliphatic rings. The third kappa shape index (κ3) is 2.42. The van der Waals surface area contributed by atoms with Gasteiger partial charge in [-0.2, -0.15) is 0 Å². The van der Waals surface area contributed by atoms with Gasteiger partial charge in [-0.1, -0.05) is 26.0 Å². The van der Waals surface area contributed by atoms with Crippen LogP contribution in [0.25, 0.3) is 0 Å². The van der Waals surface area contributed by atoms with Crippen LogP contribution in [0.1, 0.15) is 47.0 Å². The number of carbonyl (C=O) groups excluding carboxylic acids is 2. The summed E-state index contributed by atoms with van der Waals surface area (Å²) < 4.78 is 0. The Morgan fingerprint density at radius 3 is 2.44 bits per heavy atom. The topological polar surface area (TPSA) is 34.1 Å². The number of allylic oxidation sites excluding steroid dienone is 1. The summed E-state index contributed by atoms with van der Waals surface area (Å²) >= 11 is 0. The molecule has 1 saturated carbocycles. The van der Waals surface area contributed by atoms with Crippen LogP contribution < -0.4 is 0 Å². The van der Waals surface area contributed by atoms with Gasteiger partial charge in [0.05, 0.1) is 5.92 Å². The van der Waals surface area contributed by atoms with Gasteiger partial charge >= 0.3 is 0 Å². The third-order valence-corrected chi connectivity index (χ3v) is 3.83. The van der Waals surface area contributed by atoms with Gasteiger partial charge in [0.2, 0.25) is 0 Å². The Balaban J connectivity index is 2.95.